The number of pyridine rings is 1. The largest absolute Gasteiger partial charge is 0.491 e. The minimum atomic E-state index is -4.71. The Balaban J connectivity index is 0.818. The van der Waals surface area contributed by atoms with E-state index in [1.807, 2.05) is 36.1 Å². The molecule has 2 aliphatic carbocycles. The van der Waals surface area contributed by atoms with E-state index in [0.717, 1.165) is 74.6 Å². The number of amides is 1. The summed E-state index contributed by atoms with van der Waals surface area (Å²) in [5.41, 5.74) is 3.06. The smallest absolute Gasteiger partial charge is 0.297 e. The lowest BCUT2D eigenvalue weighted by Crippen LogP contribution is -2.55. The first-order valence-electron chi connectivity index (χ1n) is 26.0. The molecule has 3 saturated heterocycles. The summed E-state index contributed by atoms with van der Waals surface area (Å²) in [6.07, 6.45) is 10.7. The van der Waals surface area contributed by atoms with Gasteiger partial charge in [0.05, 0.1) is 58.1 Å². The number of nitrogens with one attached hydrogen (secondary N) is 3. The van der Waals surface area contributed by atoms with Gasteiger partial charge in [0, 0.05) is 60.1 Å². The minimum absolute atomic E-state index is 0.00541. The van der Waals surface area contributed by atoms with E-state index in [1.54, 1.807) is 12.3 Å². The van der Waals surface area contributed by atoms with E-state index in [4.69, 9.17) is 23.9 Å². The van der Waals surface area contributed by atoms with E-state index in [0.29, 0.717) is 67.3 Å². The van der Waals surface area contributed by atoms with E-state index in [1.165, 1.54) is 18.1 Å². The van der Waals surface area contributed by atoms with E-state index in [9.17, 15) is 28.4 Å². The molecule has 0 unspecified atom stereocenters. The van der Waals surface area contributed by atoms with Crippen molar-refractivity contribution < 1.29 is 42.2 Å². The second-order valence-electron chi connectivity index (χ2n) is 22.1. The number of hydrogen-bond acceptors (Lipinski definition) is 15. The first kappa shape index (κ1) is 47.8. The first-order chi connectivity index (χ1) is 35.1. The molecule has 4 N–H and O–H groups in total. The molecule has 1 spiro atoms. The topological polar surface area (TPSA) is 214 Å². The number of aromatic nitrogens is 2. The fraction of sp³-hybridized carbons (Fsp3) is 0.519. The van der Waals surface area contributed by atoms with Crippen LogP contribution in [0, 0.1) is 21.4 Å². The number of aliphatic hydroxyl groups is 1. The van der Waals surface area contributed by atoms with Gasteiger partial charge >= 0.3 is 0 Å². The van der Waals surface area contributed by atoms with Crippen molar-refractivity contribution in [2.45, 2.75) is 132 Å². The van der Waals surface area contributed by atoms with Gasteiger partial charge in [0.15, 0.2) is 11.4 Å². The van der Waals surface area contributed by atoms with Gasteiger partial charge < -0.3 is 44.2 Å². The Bertz CT molecular complexity index is 3060. The summed E-state index contributed by atoms with van der Waals surface area (Å²) in [4.78, 5) is 41.3. The number of ether oxygens (including phenoxy) is 4. The number of carbonyl (C=O) groups is 1. The Labute approximate surface area is 424 Å². The summed E-state index contributed by atoms with van der Waals surface area (Å²) >= 11 is 0. The van der Waals surface area contributed by atoms with Crippen LogP contribution in [0.4, 0.5) is 28.4 Å². The molecule has 2 saturated carbocycles. The molecule has 5 aromatic rings. The second-order valence-corrected chi connectivity index (χ2v) is 23.8. The van der Waals surface area contributed by atoms with Crippen LogP contribution in [0.15, 0.2) is 77.8 Å². The predicted molar refractivity (Wildman–Crippen MR) is 275 cm³/mol. The highest BCUT2D eigenvalue weighted by molar-refractivity contribution is 7.90. The van der Waals surface area contributed by atoms with Gasteiger partial charge in [-0.2, -0.15) is 4.98 Å². The van der Waals surface area contributed by atoms with Gasteiger partial charge in [0.1, 0.15) is 29.8 Å². The number of benzene rings is 3. The maximum Gasteiger partial charge on any atom is 0.297 e. The zero-order chi connectivity index (χ0) is 50.4. The number of piperidine rings is 1. The summed E-state index contributed by atoms with van der Waals surface area (Å²) in [7, 11) is -4.71. The van der Waals surface area contributed by atoms with Crippen molar-refractivity contribution in [3.05, 3.63) is 94.2 Å². The van der Waals surface area contributed by atoms with Gasteiger partial charge in [0.25, 0.3) is 21.6 Å². The van der Waals surface area contributed by atoms with Crippen LogP contribution >= 0.6 is 0 Å². The van der Waals surface area contributed by atoms with Crippen LogP contribution in [0.3, 0.4) is 0 Å². The number of fused-ring (bicyclic) bond motifs is 4. The van der Waals surface area contributed by atoms with Crippen molar-refractivity contribution >= 4 is 55.4 Å². The van der Waals surface area contributed by atoms with Gasteiger partial charge in [-0.15, -0.1) is 0 Å². The van der Waals surface area contributed by atoms with Crippen molar-refractivity contribution in [2.24, 2.45) is 11.3 Å². The Kier molecular flexibility index (Phi) is 12.0. The molecular formula is C54H64N8O10S. The van der Waals surface area contributed by atoms with Crippen molar-refractivity contribution in [3.8, 4) is 17.4 Å². The zero-order valence-corrected chi connectivity index (χ0v) is 42.4. The molecule has 19 heteroatoms. The molecule has 18 nitrogen and oxygen atoms in total. The fourth-order valence-corrected chi connectivity index (χ4v) is 14.0. The van der Waals surface area contributed by atoms with Crippen LogP contribution in [-0.4, -0.2) is 115 Å². The molecule has 7 heterocycles. The van der Waals surface area contributed by atoms with Crippen molar-refractivity contribution in [1.29, 1.82) is 0 Å². The van der Waals surface area contributed by atoms with Crippen molar-refractivity contribution in [2.75, 3.05) is 54.6 Å². The monoisotopic (exact) mass is 1020 g/mol. The molecule has 12 rings (SSSR count). The number of carbonyl (C=O) groups excluding carboxylic acids is 1. The minimum Gasteiger partial charge on any atom is -0.491 e. The van der Waals surface area contributed by atoms with Gasteiger partial charge in [-0.25, -0.2) is 13.1 Å². The average Bonchev–Trinajstić information content (AvgIpc) is 4.15. The third-order valence-corrected chi connectivity index (χ3v) is 18.3. The number of aromatic amines is 1. The summed E-state index contributed by atoms with van der Waals surface area (Å²) in [6, 6.07) is 20.3. The quantitative estimate of drug-likeness (QED) is 0.0723. The lowest BCUT2D eigenvalue weighted by molar-refractivity contribution is -0.384. The highest BCUT2D eigenvalue weighted by Crippen LogP contribution is 2.55. The Morgan fingerprint density at radius 3 is 2.55 bits per heavy atom. The van der Waals surface area contributed by atoms with Crippen molar-refractivity contribution in [3.63, 3.8) is 0 Å². The summed E-state index contributed by atoms with van der Waals surface area (Å²) in [5.74, 6) is 0.535. The van der Waals surface area contributed by atoms with E-state index in [-0.39, 0.29) is 59.7 Å². The van der Waals surface area contributed by atoms with Crippen molar-refractivity contribution in [1.82, 2.24) is 19.6 Å². The summed E-state index contributed by atoms with van der Waals surface area (Å²) in [5, 5.41) is 27.2. The summed E-state index contributed by atoms with van der Waals surface area (Å²) < 4.78 is 55.8. The normalized spacial score (nSPS) is 26.8. The standard InChI is InChI=1S/C54H64N8O10S/c1-32(2)71-46-9-5-4-7-38(46)41-8-6-20-60(41)36-27-54(28-36)17-21-59(22-18-54)35-10-11-39(42(24-35)61-44-23-34-14-19-55-50(34)57-52(44)72-48-31-69-30-45(48)61)51(63)58-73(67,68)37-25-43(62(65)66)49-47(26-37)70-29-40(56-49)33-12-15-53(3,64)16-13-33/h4-5,7,9-11,14,19,23-26,32-33,36,40-41,45,48,56,64H,6,8,12-13,15-18,20-22,27-31H2,1-3H3,(H,55,57)(H,58,63)/t33?,40-,41+,45-,48-,53?/m1/s1. The SMILES string of the molecule is CC(C)Oc1ccccc1[C@@H]1CCCN1C1CC2(CCN(c3ccc(C(=O)NS(=O)(=O)c4cc5c(c([N+](=O)[O-])c4)N[C@@H](C4CCC(C)(O)CC4)CO5)c(N4c5cc6cc[nH]c6nc5O[C@@H]5COC[C@H]54)c3)CC2)C1. The average molecular weight is 1020 g/mol. The van der Waals surface area contributed by atoms with Gasteiger partial charge in [0.2, 0.25) is 5.88 Å². The second kappa shape index (κ2) is 18.3. The number of nitro groups is 1. The van der Waals surface area contributed by atoms with Gasteiger partial charge in [-0.3, -0.25) is 19.8 Å². The zero-order valence-electron chi connectivity index (χ0n) is 41.5. The predicted octanol–water partition coefficient (Wildman–Crippen LogP) is 8.38. The van der Waals surface area contributed by atoms with Gasteiger partial charge in [-0.05, 0) is 139 Å². The van der Waals surface area contributed by atoms with Crippen LogP contribution < -0.4 is 34.0 Å². The molecule has 3 aromatic carbocycles. The number of para-hydroxylation sites is 1. The van der Waals surface area contributed by atoms with Gasteiger partial charge in [-0.1, -0.05) is 18.2 Å². The molecular weight excluding hydrogens is 953 g/mol. The third kappa shape index (κ3) is 8.88. The number of sulfonamides is 1. The maximum atomic E-state index is 14.8. The number of nitro benzene ring substituents is 1. The Morgan fingerprint density at radius 2 is 1.77 bits per heavy atom. The molecule has 0 bridgehead atoms. The van der Waals surface area contributed by atoms with E-state index in [2.05, 4.69) is 62.9 Å². The summed E-state index contributed by atoms with van der Waals surface area (Å²) in [6.45, 7) is 9.43. The lowest BCUT2D eigenvalue weighted by Gasteiger charge is -2.56. The molecule has 5 aliphatic heterocycles. The molecule has 5 fully saturated rings. The highest BCUT2D eigenvalue weighted by atomic mass is 32.2. The third-order valence-electron chi connectivity index (χ3n) is 17.0. The molecule has 1 amide bonds. The molecule has 0 radical (unpaired) electrons. The maximum absolute atomic E-state index is 14.8. The molecule has 73 heavy (non-hydrogen) atoms. The number of H-pyrrole nitrogens is 1. The van der Waals surface area contributed by atoms with Crippen LogP contribution in [0.1, 0.15) is 107 Å². The Hall–Kier alpha value is -6.15. The van der Waals surface area contributed by atoms with Crippen LogP contribution in [0.25, 0.3) is 11.0 Å². The molecule has 7 aliphatic rings. The number of anilines is 4. The highest BCUT2D eigenvalue weighted by Gasteiger charge is 2.51. The van der Waals surface area contributed by atoms with Crippen LogP contribution in [0.2, 0.25) is 0 Å². The molecule has 4 atom stereocenters. The van der Waals surface area contributed by atoms with Crippen LogP contribution in [0.5, 0.6) is 17.4 Å². The molecule has 2 aromatic heterocycles. The first-order valence-corrected chi connectivity index (χ1v) is 27.5. The number of nitrogens with zero attached hydrogens (tertiary/aromatic N) is 5. The lowest BCUT2D eigenvalue weighted by atomic mass is 9.60. The van der Waals surface area contributed by atoms with E-state index < -0.39 is 43.1 Å². The van der Waals surface area contributed by atoms with Crippen LogP contribution in [-0.2, 0) is 14.8 Å². The fourth-order valence-electron chi connectivity index (χ4n) is 13.0. The molecule has 386 valence electrons. The number of hydrogen-bond donors (Lipinski definition) is 4. The number of rotatable bonds is 11. The van der Waals surface area contributed by atoms with E-state index >= 15 is 0 Å². The number of likely N-dealkylation sites (tertiary alicyclic amines) is 1. The Morgan fingerprint density at radius 1 is 0.973 bits per heavy atom.